The molecule has 2 aromatic carbocycles. The summed E-state index contributed by atoms with van der Waals surface area (Å²) < 4.78 is 10.7. The van der Waals surface area contributed by atoms with Gasteiger partial charge in [-0.1, -0.05) is 29.8 Å². The maximum absolute atomic E-state index is 10.2. The number of H-pyrrole nitrogens is 1. The summed E-state index contributed by atoms with van der Waals surface area (Å²) in [5.74, 6) is -0.0294. The highest BCUT2D eigenvalue weighted by atomic mass is 35.5. The first-order valence-corrected chi connectivity index (χ1v) is 8.70. The van der Waals surface area contributed by atoms with E-state index < -0.39 is 5.92 Å². The molecule has 140 valence electrons. The minimum Gasteiger partial charge on any atom is -0.504 e. The average molecular weight is 395 g/mol. The smallest absolute Gasteiger partial charge is 0.244 e. The fourth-order valence-electron chi connectivity index (χ4n) is 3.30. The highest BCUT2D eigenvalue weighted by Gasteiger charge is 2.35. The number of nitriles is 1. The van der Waals surface area contributed by atoms with Gasteiger partial charge in [0.15, 0.2) is 11.5 Å². The molecule has 0 amide bonds. The van der Waals surface area contributed by atoms with Crippen molar-refractivity contribution in [3.8, 4) is 34.7 Å². The van der Waals surface area contributed by atoms with Crippen molar-refractivity contribution >= 4 is 11.6 Å². The second-order valence-corrected chi connectivity index (χ2v) is 6.62. The molecule has 7 nitrogen and oxygen atoms in total. The van der Waals surface area contributed by atoms with Crippen molar-refractivity contribution in [2.45, 2.75) is 5.92 Å². The predicted octanol–water partition coefficient (Wildman–Crippen LogP) is 3.66. The third kappa shape index (κ3) is 2.80. The van der Waals surface area contributed by atoms with Gasteiger partial charge >= 0.3 is 0 Å². The minimum absolute atomic E-state index is 0.0236. The summed E-state index contributed by atoms with van der Waals surface area (Å²) >= 11 is 5.99. The van der Waals surface area contributed by atoms with Crippen LogP contribution in [-0.2, 0) is 0 Å². The molecule has 1 aromatic heterocycles. The van der Waals surface area contributed by atoms with Crippen molar-refractivity contribution in [3.63, 3.8) is 0 Å². The first-order valence-electron chi connectivity index (χ1n) is 8.32. The highest BCUT2D eigenvalue weighted by molar-refractivity contribution is 6.30. The van der Waals surface area contributed by atoms with Crippen molar-refractivity contribution in [1.82, 2.24) is 10.2 Å². The molecule has 1 aliphatic heterocycles. The number of hydrogen-bond acceptors (Lipinski definition) is 6. The zero-order valence-corrected chi connectivity index (χ0v) is 15.5. The van der Waals surface area contributed by atoms with E-state index in [1.165, 1.54) is 7.11 Å². The number of nitrogens with zero attached hydrogens (tertiary/aromatic N) is 2. The molecule has 1 atom stereocenters. The number of aromatic hydroxyl groups is 1. The van der Waals surface area contributed by atoms with E-state index in [0.29, 0.717) is 27.6 Å². The SMILES string of the molecule is COc1ccc([C@H]2C(C#N)=C(N)Oc3n[nH]c(-c4ccc(Cl)cc4)c32)cc1O. The molecular weight excluding hydrogens is 380 g/mol. The largest absolute Gasteiger partial charge is 0.504 e. The van der Waals surface area contributed by atoms with Crippen molar-refractivity contribution in [1.29, 1.82) is 5.26 Å². The molecule has 8 heteroatoms. The molecular formula is C20H15ClN4O3. The lowest BCUT2D eigenvalue weighted by Gasteiger charge is -2.24. The van der Waals surface area contributed by atoms with Gasteiger partial charge in [0.1, 0.15) is 11.6 Å². The Bertz CT molecular complexity index is 1130. The molecule has 0 aliphatic carbocycles. The summed E-state index contributed by atoms with van der Waals surface area (Å²) in [5.41, 5.74) is 9.00. The van der Waals surface area contributed by atoms with Gasteiger partial charge in [-0.05, 0) is 29.8 Å². The van der Waals surface area contributed by atoms with Gasteiger partial charge in [0.25, 0.3) is 0 Å². The van der Waals surface area contributed by atoms with Crippen LogP contribution >= 0.6 is 11.6 Å². The number of halogens is 1. The number of aromatic nitrogens is 2. The number of rotatable bonds is 3. The highest BCUT2D eigenvalue weighted by Crippen LogP contribution is 2.46. The van der Waals surface area contributed by atoms with Crippen LogP contribution in [-0.4, -0.2) is 22.4 Å². The number of benzene rings is 2. The molecule has 0 saturated carbocycles. The number of phenols is 1. The van der Waals surface area contributed by atoms with Crippen molar-refractivity contribution < 1.29 is 14.6 Å². The van der Waals surface area contributed by atoms with Crippen LogP contribution in [0.15, 0.2) is 53.9 Å². The van der Waals surface area contributed by atoms with E-state index in [-0.39, 0.29) is 23.1 Å². The molecule has 1 aliphatic rings. The number of phenolic OH excluding ortho intramolecular Hbond substituents is 1. The Morgan fingerprint density at radius 2 is 2.04 bits per heavy atom. The van der Waals surface area contributed by atoms with E-state index in [4.69, 9.17) is 26.8 Å². The van der Waals surface area contributed by atoms with Gasteiger partial charge in [-0.2, -0.15) is 5.26 Å². The van der Waals surface area contributed by atoms with Gasteiger partial charge in [0, 0.05) is 10.6 Å². The molecule has 0 radical (unpaired) electrons. The molecule has 0 bridgehead atoms. The van der Waals surface area contributed by atoms with E-state index in [2.05, 4.69) is 16.3 Å². The second kappa shape index (κ2) is 6.83. The quantitative estimate of drug-likeness (QED) is 0.624. The van der Waals surface area contributed by atoms with Crippen LogP contribution in [0.4, 0.5) is 0 Å². The first kappa shape index (κ1) is 17.8. The number of fused-ring (bicyclic) bond motifs is 1. The molecule has 0 unspecified atom stereocenters. The second-order valence-electron chi connectivity index (χ2n) is 6.18. The van der Waals surface area contributed by atoms with Crippen LogP contribution in [0.25, 0.3) is 11.3 Å². The van der Waals surface area contributed by atoms with Gasteiger partial charge in [0.05, 0.1) is 24.3 Å². The lowest BCUT2D eigenvalue weighted by atomic mass is 9.83. The average Bonchev–Trinajstić information content (AvgIpc) is 3.10. The number of ether oxygens (including phenoxy) is 2. The Balaban J connectivity index is 1.93. The monoisotopic (exact) mass is 394 g/mol. The predicted molar refractivity (Wildman–Crippen MR) is 103 cm³/mol. The Morgan fingerprint density at radius 1 is 1.29 bits per heavy atom. The van der Waals surface area contributed by atoms with Crippen LogP contribution in [0.5, 0.6) is 17.4 Å². The van der Waals surface area contributed by atoms with E-state index in [0.717, 1.165) is 5.56 Å². The van der Waals surface area contributed by atoms with E-state index >= 15 is 0 Å². The van der Waals surface area contributed by atoms with Gasteiger partial charge in [0.2, 0.25) is 11.8 Å². The third-order valence-corrected chi connectivity index (χ3v) is 4.86. The number of methoxy groups -OCH3 is 1. The van der Waals surface area contributed by atoms with Crippen LogP contribution in [0.3, 0.4) is 0 Å². The van der Waals surface area contributed by atoms with Crippen LogP contribution in [0, 0.1) is 11.3 Å². The number of nitrogens with two attached hydrogens (primary N) is 1. The topological polar surface area (TPSA) is 117 Å². The minimum atomic E-state index is -0.574. The van der Waals surface area contributed by atoms with E-state index in [9.17, 15) is 10.4 Å². The standard InChI is InChI=1S/C20H15ClN4O3/c1-27-15-7-4-11(8-14(15)26)16-13(9-22)19(23)28-20-17(16)18(24-25-20)10-2-5-12(21)6-3-10/h2-8,16,26H,23H2,1H3,(H,24,25)/t16-/m0/s1. The number of allylic oxidation sites excluding steroid dienone is 1. The molecule has 4 rings (SSSR count). The van der Waals surface area contributed by atoms with Crippen LogP contribution in [0.2, 0.25) is 5.02 Å². The molecule has 4 N–H and O–H groups in total. The maximum atomic E-state index is 10.2. The van der Waals surface area contributed by atoms with Crippen LogP contribution in [0.1, 0.15) is 17.0 Å². The lowest BCUT2D eigenvalue weighted by molar-refractivity contribution is 0.371. The normalized spacial score (nSPS) is 15.5. The van der Waals surface area contributed by atoms with Gasteiger partial charge in [-0.15, -0.1) is 5.10 Å². The maximum Gasteiger partial charge on any atom is 0.244 e. The fourth-order valence-corrected chi connectivity index (χ4v) is 3.43. The zero-order valence-electron chi connectivity index (χ0n) is 14.7. The van der Waals surface area contributed by atoms with Crippen LogP contribution < -0.4 is 15.2 Å². The molecule has 0 fully saturated rings. The number of nitrogens with one attached hydrogen (secondary N) is 1. The summed E-state index contributed by atoms with van der Waals surface area (Å²) in [4.78, 5) is 0. The Labute approximate surface area is 165 Å². The summed E-state index contributed by atoms with van der Waals surface area (Å²) in [5, 5.41) is 27.7. The van der Waals surface area contributed by atoms with Gasteiger partial charge in [-0.3, -0.25) is 5.10 Å². The number of hydrogen-bond donors (Lipinski definition) is 3. The molecule has 28 heavy (non-hydrogen) atoms. The fraction of sp³-hybridized carbons (Fsp3) is 0.100. The van der Waals surface area contributed by atoms with Gasteiger partial charge < -0.3 is 20.3 Å². The third-order valence-electron chi connectivity index (χ3n) is 4.61. The Hall–Kier alpha value is -3.63. The summed E-state index contributed by atoms with van der Waals surface area (Å²) in [6.07, 6.45) is 0. The summed E-state index contributed by atoms with van der Waals surface area (Å²) in [6.45, 7) is 0. The lowest BCUT2D eigenvalue weighted by Crippen LogP contribution is -2.21. The first-order chi connectivity index (χ1) is 13.5. The summed E-state index contributed by atoms with van der Waals surface area (Å²) in [6, 6.07) is 14.3. The molecule has 0 saturated heterocycles. The van der Waals surface area contributed by atoms with Crippen molar-refractivity contribution in [3.05, 3.63) is 70.1 Å². The Morgan fingerprint density at radius 3 is 2.68 bits per heavy atom. The van der Waals surface area contributed by atoms with E-state index in [1.54, 1.807) is 30.3 Å². The molecule has 2 heterocycles. The summed E-state index contributed by atoms with van der Waals surface area (Å²) in [7, 11) is 1.47. The molecule has 0 spiro atoms. The number of aromatic amines is 1. The van der Waals surface area contributed by atoms with Crippen molar-refractivity contribution in [2.24, 2.45) is 5.73 Å². The van der Waals surface area contributed by atoms with E-state index in [1.807, 2.05) is 12.1 Å². The van der Waals surface area contributed by atoms with Gasteiger partial charge in [-0.25, -0.2) is 0 Å². The molecule has 3 aromatic rings. The zero-order chi connectivity index (χ0) is 19.8. The Kier molecular flexibility index (Phi) is 4.34. The van der Waals surface area contributed by atoms with Crippen molar-refractivity contribution in [2.75, 3.05) is 7.11 Å².